The van der Waals surface area contributed by atoms with Crippen molar-refractivity contribution in [2.45, 2.75) is 52.2 Å². The molecule has 0 saturated carbocycles. The van der Waals surface area contributed by atoms with Gasteiger partial charge in [0.05, 0.1) is 13.2 Å². The lowest BCUT2D eigenvalue weighted by Crippen LogP contribution is -2.63. The molecule has 184 valence electrons. The Bertz CT molecular complexity index is 966. The molecule has 0 aromatic heterocycles. The summed E-state index contributed by atoms with van der Waals surface area (Å²) in [4.78, 5) is 19.8. The molecule has 1 fully saturated rings. The molecule has 1 saturated heterocycles. The van der Waals surface area contributed by atoms with Gasteiger partial charge in [0, 0.05) is 49.9 Å². The summed E-state index contributed by atoms with van der Waals surface area (Å²) in [6, 6.07) is 17.0. The van der Waals surface area contributed by atoms with Gasteiger partial charge in [-0.05, 0) is 70.0 Å². The van der Waals surface area contributed by atoms with Gasteiger partial charge >= 0.3 is 0 Å². The zero-order valence-corrected chi connectivity index (χ0v) is 21.8. The van der Waals surface area contributed by atoms with Gasteiger partial charge in [0.2, 0.25) is 0 Å². The van der Waals surface area contributed by atoms with Crippen LogP contribution in [-0.4, -0.2) is 72.0 Å². The molecule has 34 heavy (non-hydrogen) atoms. The van der Waals surface area contributed by atoms with Gasteiger partial charge in [0.25, 0.3) is 5.91 Å². The number of carbonyl (C=O) groups is 1. The lowest BCUT2D eigenvalue weighted by molar-refractivity contribution is -0.0196. The summed E-state index contributed by atoms with van der Waals surface area (Å²) in [6.07, 6.45) is 2.00. The van der Waals surface area contributed by atoms with Crippen LogP contribution in [0.1, 0.15) is 62.1 Å². The Morgan fingerprint density at radius 1 is 1.18 bits per heavy atom. The van der Waals surface area contributed by atoms with Crippen molar-refractivity contribution in [1.82, 2.24) is 14.7 Å². The normalized spacial score (nSPS) is 19.4. The second kappa shape index (κ2) is 11.2. The average Bonchev–Trinajstić information content (AvgIpc) is 2.83. The molecule has 0 radical (unpaired) electrons. The molecule has 1 heterocycles. The minimum absolute atomic E-state index is 0.0104. The SMILES string of the molecule is C=CCN1CC(C)N(C(c2ccc(C(=O)N(CC)CC)cc2)c2cccc(OC)c2)CC1(C)C. The van der Waals surface area contributed by atoms with E-state index in [1.807, 2.05) is 43.0 Å². The Morgan fingerprint density at radius 3 is 2.44 bits per heavy atom. The van der Waals surface area contributed by atoms with E-state index >= 15 is 0 Å². The molecular weight excluding hydrogens is 422 g/mol. The van der Waals surface area contributed by atoms with Gasteiger partial charge in [-0.25, -0.2) is 0 Å². The van der Waals surface area contributed by atoms with E-state index in [1.54, 1.807) is 7.11 Å². The molecule has 5 nitrogen and oxygen atoms in total. The van der Waals surface area contributed by atoms with E-state index in [0.29, 0.717) is 19.1 Å². The first kappa shape index (κ1) is 26.0. The Kier molecular flexibility index (Phi) is 8.56. The molecule has 1 amide bonds. The second-order valence-electron chi connectivity index (χ2n) is 9.81. The zero-order chi connectivity index (χ0) is 24.9. The molecule has 2 aromatic rings. The highest BCUT2D eigenvalue weighted by atomic mass is 16.5. The molecule has 1 aliphatic rings. The van der Waals surface area contributed by atoms with Gasteiger partial charge in [0.1, 0.15) is 5.75 Å². The number of ether oxygens (including phenoxy) is 1. The first-order chi connectivity index (χ1) is 16.2. The summed E-state index contributed by atoms with van der Waals surface area (Å²) in [5, 5.41) is 0. The van der Waals surface area contributed by atoms with E-state index in [-0.39, 0.29) is 17.5 Å². The highest BCUT2D eigenvalue weighted by Gasteiger charge is 2.40. The predicted octanol–water partition coefficient (Wildman–Crippen LogP) is 5.24. The molecule has 0 N–H and O–H groups in total. The molecule has 5 heteroatoms. The van der Waals surface area contributed by atoms with Crippen LogP contribution < -0.4 is 4.74 Å². The average molecular weight is 464 g/mol. The van der Waals surface area contributed by atoms with E-state index < -0.39 is 0 Å². The van der Waals surface area contributed by atoms with Crippen LogP contribution in [0.2, 0.25) is 0 Å². The number of hydrogen-bond acceptors (Lipinski definition) is 4. The summed E-state index contributed by atoms with van der Waals surface area (Å²) in [5.41, 5.74) is 3.13. The topological polar surface area (TPSA) is 36.0 Å². The smallest absolute Gasteiger partial charge is 0.253 e. The molecule has 0 spiro atoms. The number of methoxy groups -OCH3 is 1. The van der Waals surface area contributed by atoms with Crippen molar-refractivity contribution in [1.29, 1.82) is 0 Å². The fourth-order valence-electron chi connectivity index (χ4n) is 5.09. The Balaban J connectivity index is 2.02. The number of nitrogens with zero attached hydrogens (tertiary/aromatic N) is 3. The highest BCUT2D eigenvalue weighted by Crippen LogP contribution is 2.37. The van der Waals surface area contributed by atoms with Gasteiger partial charge in [-0.15, -0.1) is 6.58 Å². The maximum atomic E-state index is 12.9. The summed E-state index contributed by atoms with van der Waals surface area (Å²) in [7, 11) is 1.71. The molecule has 1 aliphatic heterocycles. The third-order valence-electron chi connectivity index (χ3n) is 7.09. The first-order valence-electron chi connectivity index (χ1n) is 12.4. The fourth-order valence-corrected chi connectivity index (χ4v) is 5.09. The number of rotatable bonds is 9. The number of hydrogen-bond donors (Lipinski definition) is 0. The molecule has 2 unspecified atom stereocenters. The van der Waals surface area contributed by atoms with Gasteiger partial charge in [-0.3, -0.25) is 14.6 Å². The van der Waals surface area contributed by atoms with E-state index in [1.165, 1.54) is 11.1 Å². The van der Waals surface area contributed by atoms with Crippen molar-refractivity contribution < 1.29 is 9.53 Å². The third-order valence-corrected chi connectivity index (χ3v) is 7.09. The van der Waals surface area contributed by atoms with Crippen LogP contribution in [0.25, 0.3) is 0 Å². The third kappa shape index (κ3) is 5.53. The fraction of sp³-hybridized carbons (Fsp3) is 0.483. The van der Waals surface area contributed by atoms with E-state index in [0.717, 1.165) is 30.9 Å². The summed E-state index contributed by atoms with van der Waals surface area (Å²) >= 11 is 0. The van der Waals surface area contributed by atoms with Crippen LogP contribution in [-0.2, 0) is 0 Å². The monoisotopic (exact) mass is 463 g/mol. The maximum absolute atomic E-state index is 12.9. The van der Waals surface area contributed by atoms with E-state index in [4.69, 9.17) is 4.74 Å². The van der Waals surface area contributed by atoms with Crippen LogP contribution in [0.5, 0.6) is 5.75 Å². The zero-order valence-electron chi connectivity index (χ0n) is 21.8. The molecule has 2 aromatic carbocycles. The molecular formula is C29H41N3O2. The van der Waals surface area contributed by atoms with Gasteiger partial charge in [-0.1, -0.05) is 30.3 Å². The molecule has 0 bridgehead atoms. The van der Waals surface area contributed by atoms with Crippen LogP contribution >= 0.6 is 0 Å². The number of carbonyl (C=O) groups excluding carboxylic acids is 1. The van der Waals surface area contributed by atoms with Crippen molar-refractivity contribution in [2.75, 3.05) is 39.8 Å². The largest absolute Gasteiger partial charge is 0.497 e. The summed E-state index contributed by atoms with van der Waals surface area (Å²) in [5.74, 6) is 0.940. The van der Waals surface area contributed by atoms with Gasteiger partial charge < -0.3 is 9.64 Å². The molecule has 0 aliphatic carbocycles. The minimum Gasteiger partial charge on any atom is -0.497 e. The minimum atomic E-state index is 0.0104. The lowest BCUT2D eigenvalue weighted by Gasteiger charge is -2.52. The number of benzene rings is 2. The Hall–Kier alpha value is -2.63. The Morgan fingerprint density at radius 2 is 1.85 bits per heavy atom. The van der Waals surface area contributed by atoms with E-state index in [2.05, 4.69) is 67.5 Å². The highest BCUT2D eigenvalue weighted by molar-refractivity contribution is 5.94. The maximum Gasteiger partial charge on any atom is 0.253 e. The molecule has 3 rings (SSSR count). The van der Waals surface area contributed by atoms with Crippen LogP contribution in [0.4, 0.5) is 0 Å². The lowest BCUT2D eigenvalue weighted by atomic mass is 9.89. The first-order valence-corrected chi connectivity index (χ1v) is 12.4. The van der Waals surface area contributed by atoms with Crippen molar-refractivity contribution in [3.8, 4) is 5.75 Å². The van der Waals surface area contributed by atoms with Crippen LogP contribution in [0, 0.1) is 0 Å². The van der Waals surface area contributed by atoms with Crippen molar-refractivity contribution in [2.24, 2.45) is 0 Å². The van der Waals surface area contributed by atoms with Gasteiger partial charge in [-0.2, -0.15) is 0 Å². The van der Waals surface area contributed by atoms with Crippen LogP contribution in [0.3, 0.4) is 0 Å². The predicted molar refractivity (Wildman–Crippen MR) is 141 cm³/mol. The Labute approximate surface area is 206 Å². The van der Waals surface area contributed by atoms with Crippen molar-refractivity contribution in [3.05, 3.63) is 77.9 Å². The van der Waals surface area contributed by atoms with Crippen molar-refractivity contribution in [3.63, 3.8) is 0 Å². The van der Waals surface area contributed by atoms with Gasteiger partial charge in [0.15, 0.2) is 0 Å². The summed E-state index contributed by atoms with van der Waals surface area (Å²) < 4.78 is 5.56. The quantitative estimate of drug-likeness (QED) is 0.477. The van der Waals surface area contributed by atoms with Crippen LogP contribution in [0.15, 0.2) is 61.2 Å². The van der Waals surface area contributed by atoms with Crippen molar-refractivity contribution >= 4 is 5.91 Å². The van der Waals surface area contributed by atoms with E-state index in [9.17, 15) is 4.79 Å². The second-order valence-corrected chi connectivity index (χ2v) is 9.81. The standard InChI is InChI=1S/C29H41N3O2/c1-8-18-31-20-22(4)32(21-29(31,5)6)27(25-12-11-13-26(19-25)34-7)23-14-16-24(17-15-23)28(33)30(9-2)10-3/h8,11-17,19,22,27H,1,9-10,18,20-21H2,2-7H3. The number of amides is 1. The number of piperazine rings is 1. The summed E-state index contributed by atoms with van der Waals surface area (Å²) in [6.45, 7) is 19.1. The molecule has 2 atom stereocenters.